The highest BCUT2D eigenvalue weighted by atomic mass is 19.1. The van der Waals surface area contributed by atoms with Crippen LogP contribution in [-0.4, -0.2) is 0 Å². The van der Waals surface area contributed by atoms with Gasteiger partial charge in [0.25, 0.3) is 0 Å². The number of rotatable bonds is 4. The smallest absolute Gasteiger partial charge is 0.146 e. The van der Waals surface area contributed by atoms with Crippen molar-refractivity contribution in [3.05, 3.63) is 95.3 Å². The number of hydrogen-bond acceptors (Lipinski definition) is 0. The molecule has 1 heteroatoms. The molecule has 0 aliphatic heterocycles. The van der Waals surface area contributed by atoms with Gasteiger partial charge >= 0.3 is 0 Å². The van der Waals surface area contributed by atoms with Gasteiger partial charge in [0.1, 0.15) is 5.82 Å². The Morgan fingerprint density at radius 1 is 0.967 bits per heavy atom. The SMILES string of the molecule is C=CC1CCC(CCc2ccc3c(F)c(C#Cc4ccc(C)cc4)ccc3c2)CC1. The van der Waals surface area contributed by atoms with E-state index in [1.165, 1.54) is 43.2 Å². The summed E-state index contributed by atoms with van der Waals surface area (Å²) in [6, 6.07) is 17.9. The molecule has 0 heterocycles. The third-order valence-electron chi connectivity index (χ3n) is 6.48. The molecule has 1 aliphatic carbocycles. The first kappa shape index (κ1) is 20.4. The van der Waals surface area contributed by atoms with Crippen LogP contribution in [0.5, 0.6) is 0 Å². The van der Waals surface area contributed by atoms with Gasteiger partial charge < -0.3 is 0 Å². The van der Waals surface area contributed by atoms with Gasteiger partial charge in [0.05, 0.1) is 5.56 Å². The Balaban J connectivity index is 1.46. The molecule has 30 heavy (non-hydrogen) atoms. The fraction of sp³-hybridized carbons (Fsp3) is 0.310. The predicted molar refractivity (Wildman–Crippen MR) is 125 cm³/mol. The largest absolute Gasteiger partial charge is 0.205 e. The Bertz CT molecular complexity index is 1090. The summed E-state index contributed by atoms with van der Waals surface area (Å²) in [4.78, 5) is 0. The second-order valence-corrected chi connectivity index (χ2v) is 8.65. The van der Waals surface area contributed by atoms with E-state index >= 15 is 4.39 Å². The summed E-state index contributed by atoms with van der Waals surface area (Å²) in [5, 5.41) is 1.61. The summed E-state index contributed by atoms with van der Waals surface area (Å²) in [5.41, 5.74) is 3.84. The van der Waals surface area contributed by atoms with Gasteiger partial charge in [-0.3, -0.25) is 0 Å². The Hall–Kier alpha value is -2.85. The molecule has 0 aromatic heterocycles. The first-order valence-electron chi connectivity index (χ1n) is 11.0. The zero-order valence-corrected chi connectivity index (χ0v) is 17.8. The first-order valence-corrected chi connectivity index (χ1v) is 11.0. The Morgan fingerprint density at radius 3 is 2.47 bits per heavy atom. The van der Waals surface area contributed by atoms with Gasteiger partial charge in [-0.05, 0) is 86.4 Å². The Kier molecular flexibility index (Phi) is 6.34. The lowest BCUT2D eigenvalue weighted by Gasteiger charge is -2.26. The number of allylic oxidation sites excluding steroid dienone is 1. The monoisotopic (exact) mass is 396 g/mol. The van der Waals surface area contributed by atoms with E-state index in [-0.39, 0.29) is 5.82 Å². The van der Waals surface area contributed by atoms with Gasteiger partial charge in [-0.1, -0.05) is 59.9 Å². The standard InChI is InChI=1S/C29H29F/c1-3-22-8-10-24(11-9-22)12-13-25-15-19-28-27(20-25)18-17-26(29(28)30)16-14-23-6-4-21(2)5-7-23/h3-7,15,17-20,22,24H,1,8-13H2,2H3. The van der Waals surface area contributed by atoms with Crippen molar-refractivity contribution < 1.29 is 4.39 Å². The van der Waals surface area contributed by atoms with Crippen molar-refractivity contribution in [3.63, 3.8) is 0 Å². The van der Waals surface area contributed by atoms with Crippen LogP contribution in [0, 0.1) is 36.4 Å². The van der Waals surface area contributed by atoms with E-state index in [1.54, 1.807) is 6.07 Å². The molecule has 1 aliphatic rings. The van der Waals surface area contributed by atoms with Gasteiger partial charge in [0.2, 0.25) is 0 Å². The Labute approximate surface area is 179 Å². The first-order chi connectivity index (χ1) is 14.6. The molecule has 0 radical (unpaired) electrons. The molecule has 0 atom stereocenters. The highest BCUT2D eigenvalue weighted by molar-refractivity contribution is 5.85. The fourth-order valence-corrected chi connectivity index (χ4v) is 4.45. The molecule has 0 saturated heterocycles. The molecule has 0 amide bonds. The van der Waals surface area contributed by atoms with Crippen LogP contribution in [0.3, 0.4) is 0 Å². The molecule has 3 aromatic rings. The molecule has 4 rings (SSSR count). The van der Waals surface area contributed by atoms with Crippen molar-refractivity contribution in [1.82, 2.24) is 0 Å². The number of aryl methyl sites for hydroxylation is 2. The number of halogens is 1. The second-order valence-electron chi connectivity index (χ2n) is 8.65. The lowest BCUT2D eigenvalue weighted by atomic mass is 9.79. The molecular formula is C29H29F. The molecule has 152 valence electrons. The number of benzene rings is 3. The normalized spacial score (nSPS) is 18.6. The van der Waals surface area contributed by atoms with Crippen molar-refractivity contribution in [1.29, 1.82) is 0 Å². The molecule has 3 aromatic carbocycles. The maximum atomic E-state index is 15.0. The van der Waals surface area contributed by atoms with Crippen molar-refractivity contribution in [2.24, 2.45) is 11.8 Å². The fourth-order valence-electron chi connectivity index (χ4n) is 4.45. The highest BCUT2D eigenvalue weighted by Crippen LogP contribution is 2.32. The summed E-state index contributed by atoms with van der Waals surface area (Å²) in [6.07, 6.45) is 9.58. The van der Waals surface area contributed by atoms with Gasteiger partial charge in [0, 0.05) is 10.9 Å². The summed E-state index contributed by atoms with van der Waals surface area (Å²) < 4.78 is 15.0. The van der Waals surface area contributed by atoms with Crippen LogP contribution in [0.2, 0.25) is 0 Å². The van der Waals surface area contributed by atoms with E-state index in [0.29, 0.717) is 16.9 Å². The summed E-state index contributed by atoms with van der Waals surface area (Å²) in [5.74, 6) is 7.38. The van der Waals surface area contributed by atoms with Crippen LogP contribution in [0.15, 0.2) is 67.3 Å². The zero-order valence-electron chi connectivity index (χ0n) is 17.8. The summed E-state index contributed by atoms with van der Waals surface area (Å²) >= 11 is 0. The van der Waals surface area contributed by atoms with Crippen LogP contribution >= 0.6 is 0 Å². The van der Waals surface area contributed by atoms with E-state index in [0.717, 1.165) is 23.3 Å². The Morgan fingerprint density at radius 2 is 1.73 bits per heavy atom. The molecule has 0 bridgehead atoms. The van der Waals surface area contributed by atoms with Gasteiger partial charge in [-0.15, -0.1) is 6.58 Å². The lowest BCUT2D eigenvalue weighted by molar-refractivity contribution is 0.296. The topological polar surface area (TPSA) is 0 Å². The van der Waals surface area contributed by atoms with E-state index in [4.69, 9.17) is 0 Å². The minimum absolute atomic E-state index is 0.221. The van der Waals surface area contributed by atoms with Gasteiger partial charge in [-0.2, -0.15) is 0 Å². The van der Waals surface area contributed by atoms with Crippen LogP contribution in [-0.2, 0) is 6.42 Å². The minimum atomic E-state index is -0.221. The molecule has 0 N–H and O–H groups in total. The summed E-state index contributed by atoms with van der Waals surface area (Å²) in [7, 11) is 0. The maximum Gasteiger partial charge on any atom is 0.146 e. The second kappa shape index (κ2) is 9.31. The highest BCUT2D eigenvalue weighted by Gasteiger charge is 2.19. The van der Waals surface area contributed by atoms with Crippen molar-refractivity contribution >= 4 is 10.8 Å². The average molecular weight is 397 g/mol. The van der Waals surface area contributed by atoms with Crippen LogP contribution in [0.25, 0.3) is 10.8 Å². The van der Waals surface area contributed by atoms with Gasteiger partial charge in [-0.25, -0.2) is 4.39 Å². The molecular weight excluding hydrogens is 367 g/mol. The molecule has 1 saturated carbocycles. The third kappa shape index (κ3) is 4.82. The van der Waals surface area contributed by atoms with Crippen molar-refractivity contribution in [2.45, 2.75) is 45.4 Å². The summed E-state index contributed by atoms with van der Waals surface area (Å²) in [6.45, 7) is 5.98. The van der Waals surface area contributed by atoms with E-state index < -0.39 is 0 Å². The minimum Gasteiger partial charge on any atom is -0.205 e. The molecule has 0 nitrogen and oxygen atoms in total. The molecule has 0 spiro atoms. The number of hydrogen-bond donors (Lipinski definition) is 0. The van der Waals surface area contributed by atoms with Crippen LogP contribution in [0.1, 0.15) is 54.4 Å². The lowest BCUT2D eigenvalue weighted by Crippen LogP contribution is -2.13. The van der Waals surface area contributed by atoms with Crippen LogP contribution in [0.4, 0.5) is 4.39 Å². The van der Waals surface area contributed by atoms with Gasteiger partial charge in [0.15, 0.2) is 0 Å². The zero-order chi connectivity index (χ0) is 20.9. The predicted octanol–water partition coefficient (Wildman–Crippen LogP) is 7.61. The van der Waals surface area contributed by atoms with E-state index in [2.05, 4.69) is 36.6 Å². The van der Waals surface area contributed by atoms with E-state index in [1.807, 2.05) is 43.3 Å². The quantitative estimate of drug-likeness (QED) is 0.314. The molecule has 0 unspecified atom stereocenters. The maximum absolute atomic E-state index is 15.0. The molecule has 1 fully saturated rings. The number of fused-ring (bicyclic) bond motifs is 1. The van der Waals surface area contributed by atoms with Crippen LogP contribution < -0.4 is 0 Å². The third-order valence-corrected chi connectivity index (χ3v) is 6.48. The average Bonchev–Trinajstić information content (AvgIpc) is 2.78. The van der Waals surface area contributed by atoms with E-state index in [9.17, 15) is 0 Å². The van der Waals surface area contributed by atoms with Crippen molar-refractivity contribution in [2.75, 3.05) is 0 Å². The van der Waals surface area contributed by atoms with Crippen molar-refractivity contribution in [3.8, 4) is 11.8 Å².